The molecule has 1 heterocycles. The van der Waals surface area contributed by atoms with Crippen LogP contribution in [0.15, 0.2) is 4.99 Å². The number of rotatable bonds is 1. The Labute approximate surface area is 82.7 Å². The van der Waals surface area contributed by atoms with Gasteiger partial charge in [0.25, 0.3) is 5.91 Å². The van der Waals surface area contributed by atoms with Crippen molar-refractivity contribution >= 4 is 11.9 Å². The number of carbonyl (C=O) groups is 1. The van der Waals surface area contributed by atoms with Gasteiger partial charge in [0.1, 0.15) is 5.54 Å². The maximum atomic E-state index is 11.7. The Morgan fingerprint density at radius 1 is 1.71 bits per heavy atom. The van der Waals surface area contributed by atoms with E-state index in [1.165, 1.54) is 0 Å². The maximum Gasteiger partial charge on any atom is 0.254 e. The highest BCUT2D eigenvalue weighted by molar-refractivity contribution is 6.06. The molecule has 14 heavy (non-hydrogen) atoms. The Morgan fingerprint density at radius 2 is 2.50 bits per heavy atom. The van der Waals surface area contributed by atoms with E-state index in [-0.39, 0.29) is 18.0 Å². The van der Waals surface area contributed by atoms with Gasteiger partial charge in [0.2, 0.25) is 0 Å². The third-order valence-electron chi connectivity index (χ3n) is 3.01. The zero-order valence-electron chi connectivity index (χ0n) is 8.25. The summed E-state index contributed by atoms with van der Waals surface area (Å²) in [6.45, 7) is 0. The SMILES string of the molecule is COC1CCCC2(C1)N=C(N)NC2=O. The van der Waals surface area contributed by atoms with Crippen LogP contribution in [0, 0.1) is 0 Å². The van der Waals surface area contributed by atoms with E-state index in [0.29, 0.717) is 6.42 Å². The van der Waals surface area contributed by atoms with E-state index in [9.17, 15) is 4.79 Å². The average molecular weight is 197 g/mol. The van der Waals surface area contributed by atoms with Crippen LogP contribution in [0.5, 0.6) is 0 Å². The summed E-state index contributed by atoms with van der Waals surface area (Å²) < 4.78 is 5.27. The highest BCUT2D eigenvalue weighted by atomic mass is 16.5. The van der Waals surface area contributed by atoms with Gasteiger partial charge in [-0.2, -0.15) is 0 Å². The molecule has 1 amide bonds. The molecule has 1 aliphatic carbocycles. The molecule has 3 N–H and O–H groups in total. The number of hydrogen-bond donors (Lipinski definition) is 2. The van der Waals surface area contributed by atoms with Crippen LogP contribution in [0.3, 0.4) is 0 Å². The number of guanidine groups is 1. The zero-order valence-corrected chi connectivity index (χ0v) is 8.25. The molecule has 2 aliphatic rings. The largest absolute Gasteiger partial charge is 0.381 e. The van der Waals surface area contributed by atoms with Gasteiger partial charge >= 0.3 is 0 Å². The van der Waals surface area contributed by atoms with Crippen molar-refractivity contribution in [2.24, 2.45) is 10.7 Å². The third-order valence-corrected chi connectivity index (χ3v) is 3.01. The molecule has 0 bridgehead atoms. The van der Waals surface area contributed by atoms with Crippen molar-refractivity contribution in [1.29, 1.82) is 0 Å². The van der Waals surface area contributed by atoms with Crippen molar-refractivity contribution in [3.8, 4) is 0 Å². The number of ether oxygens (including phenoxy) is 1. The molecule has 5 heteroatoms. The predicted octanol–water partition coefficient (Wildman–Crippen LogP) is -0.241. The van der Waals surface area contributed by atoms with E-state index in [1.807, 2.05) is 0 Å². The maximum absolute atomic E-state index is 11.7. The first-order chi connectivity index (χ1) is 6.66. The molecule has 0 aromatic rings. The molecule has 0 aromatic heterocycles. The topological polar surface area (TPSA) is 76.7 Å². The number of carbonyl (C=O) groups excluding carboxylic acids is 1. The summed E-state index contributed by atoms with van der Waals surface area (Å²) in [6.07, 6.45) is 3.52. The van der Waals surface area contributed by atoms with Crippen LogP contribution in [-0.2, 0) is 9.53 Å². The minimum atomic E-state index is -0.636. The Kier molecular flexibility index (Phi) is 2.19. The molecular weight excluding hydrogens is 182 g/mol. The van der Waals surface area contributed by atoms with E-state index in [4.69, 9.17) is 10.5 Å². The summed E-state index contributed by atoms with van der Waals surface area (Å²) in [4.78, 5) is 15.9. The van der Waals surface area contributed by atoms with Crippen LogP contribution in [0.25, 0.3) is 0 Å². The lowest BCUT2D eigenvalue weighted by Gasteiger charge is -2.32. The Hall–Kier alpha value is -1.10. The molecule has 1 aliphatic heterocycles. The van der Waals surface area contributed by atoms with E-state index in [1.54, 1.807) is 7.11 Å². The number of nitrogens with zero attached hydrogens (tertiary/aromatic N) is 1. The van der Waals surface area contributed by atoms with E-state index in [2.05, 4.69) is 10.3 Å². The minimum Gasteiger partial charge on any atom is -0.381 e. The van der Waals surface area contributed by atoms with Crippen molar-refractivity contribution in [2.45, 2.75) is 37.3 Å². The highest BCUT2D eigenvalue weighted by Gasteiger charge is 2.46. The average Bonchev–Trinajstić information content (AvgIpc) is 2.42. The highest BCUT2D eigenvalue weighted by Crippen LogP contribution is 2.35. The standard InChI is InChI=1S/C9H15N3O2/c1-14-6-3-2-4-9(5-6)7(13)11-8(10)12-9/h6H,2-5H2,1H3,(H3,10,11,12,13). The van der Waals surface area contributed by atoms with Crippen LogP contribution in [0.2, 0.25) is 0 Å². The molecule has 78 valence electrons. The lowest BCUT2D eigenvalue weighted by molar-refractivity contribution is -0.126. The first-order valence-corrected chi connectivity index (χ1v) is 4.86. The van der Waals surface area contributed by atoms with Crippen molar-refractivity contribution in [2.75, 3.05) is 7.11 Å². The van der Waals surface area contributed by atoms with Crippen LogP contribution in [0.4, 0.5) is 0 Å². The predicted molar refractivity (Wildman–Crippen MR) is 51.8 cm³/mol. The van der Waals surface area contributed by atoms with Gasteiger partial charge in [-0.25, -0.2) is 4.99 Å². The molecule has 1 saturated carbocycles. The second kappa shape index (κ2) is 3.24. The van der Waals surface area contributed by atoms with Gasteiger partial charge in [0.15, 0.2) is 5.96 Å². The van der Waals surface area contributed by atoms with E-state index < -0.39 is 5.54 Å². The second-order valence-corrected chi connectivity index (χ2v) is 3.94. The van der Waals surface area contributed by atoms with Gasteiger partial charge < -0.3 is 10.5 Å². The summed E-state index contributed by atoms with van der Waals surface area (Å²) in [5.41, 5.74) is 4.86. The summed E-state index contributed by atoms with van der Waals surface area (Å²) in [5, 5.41) is 2.56. The van der Waals surface area contributed by atoms with Crippen LogP contribution in [-0.4, -0.2) is 30.6 Å². The van der Waals surface area contributed by atoms with E-state index in [0.717, 1.165) is 19.3 Å². The molecular formula is C9H15N3O2. The minimum absolute atomic E-state index is 0.0725. The van der Waals surface area contributed by atoms with Crippen molar-refractivity contribution in [1.82, 2.24) is 5.32 Å². The molecule has 0 aromatic carbocycles. The lowest BCUT2D eigenvalue weighted by Crippen LogP contribution is -2.45. The normalized spacial score (nSPS) is 37.1. The van der Waals surface area contributed by atoms with Crippen molar-refractivity contribution < 1.29 is 9.53 Å². The molecule has 2 unspecified atom stereocenters. The van der Waals surface area contributed by atoms with Gasteiger partial charge in [-0.15, -0.1) is 0 Å². The number of nitrogens with one attached hydrogen (secondary N) is 1. The van der Waals surface area contributed by atoms with Gasteiger partial charge in [-0.3, -0.25) is 10.1 Å². The van der Waals surface area contributed by atoms with Gasteiger partial charge in [-0.05, 0) is 19.3 Å². The lowest BCUT2D eigenvalue weighted by atomic mass is 9.80. The number of aliphatic imine (C=N–C) groups is 1. The summed E-state index contributed by atoms with van der Waals surface area (Å²) >= 11 is 0. The van der Waals surface area contributed by atoms with Crippen molar-refractivity contribution in [3.63, 3.8) is 0 Å². The van der Waals surface area contributed by atoms with Gasteiger partial charge in [0.05, 0.1) is 6.10 Å². The smallest absolute Gasteiger partial charge is 0.254 e. The zero-order chi connectivity index (χ0) is 10.2. The summed E-state index contributed by atoms with van der Waals surface area (Å²) in [7, 11) is 1.67. The van der Waals surface area contributed by atoms with Crippen LogP contribution < -0.4 is 11.1 Å². The monoisotopic (exact) mass is 197 g/mol. The van der Waals surface area contributed by atoms with E-state index >= 15 is 0 Å². The first kappa shape index (κ1) is 9.45. The Bertz CT molecular complexity index is 290. The van der Waals surface area contributed by atoms with Crippen LogP contribution in [0.1, 0.15) is 25.7 Å². The fourth-order valence-electron chi connectivity index (χ4n) is 2.25. The number of nitrogens with two attached hydrogens (primary N) is 1. The fourth-order valence-corrected chi connectivity index (χ4v) is 2.25. The van der Waals surface area contributed by atoms with Gasteiger partial charge in [-0.1, -0.05) is 0 Å². The number of hydrogen-bond acceptors (Lipinski definition) is 4. The molecule has 0 saturated heterocycles. The third kappa shape index (κ3) is 1.37. The summed E-state index contributed by atoms with van der Waals surface area (Å²) in [6, 6.07) is 0. The number of methoxy groups -OCH3 is 1. The molecule has 2 rings (SSSR count). The summed E-state index contributed by atoms with van der Waals surface area (Å²) in [5.74, 6) is 0.170. The molecule has 1 fully saturated rings. The Morgan fingerprint density at radius 3 is 3.07 bits per heavy atom. The molecule has 1 spiro atoms. The quantitative estimate of drug-likeness (QED) is 0.609. The fraction of sp³-hybridized carbons (Fsp3) is 0.778. The molecule has 2 atom stereocenters. The molecule has 0 radical (unpaired) electrons. The first-order valence-electron chi connectivity index (χ1n) is 4.86. The Balaban J connectivity index is 2.19. The van der Waals surface area contributed by atoms with Crippen LogP contribution >= 0.6 is 0 Å². The molecule has 5 nitrogen and oxygen atoms in total. The number of amides is 1. The second-order valence-electron chi connectivity index (χ2n) is 3.94. The van der Waals surface area contributed by atoms with Crippen molar-refractivity contribution in [3.05, 3.63) is 0 Å². The van der Waals surface area contributed by atoms with Gasteiger partial charge in [0, 0.05) is 13.5 Å².